The molecule has 3 heterocycles. The van der Waals surface area contributed by atoms with E-state index in [9.17, 15) is 0 Å². The average Bonchev–Trinajstić information content (AvgIpc) is 3.60. The molecule has 0 saturated carbocycles. The van der Waals surface area contributed by atoms with Crippen molar-refractivity contribution in [2.24, 2.45) is 0 Å². The molecule has 0 bridgehead atoms. The van der Waals surface area contributed by atoms with Crippen molar-refractivity contribution in [1.82, 2.24) is 0 Å². The maximum absolute atomic E-state index is 6.71. The lowest BCUT2D eigenvalue weighted by Gasteiger charge is -2.42. The number of rotatable bonds is 2. The minimum Gasteiger partial charge on any atom is -0.456 e. The van der Waals surface area contributed by atoms with E-state index < -0.39 is 0 Å². The summed E-state index contributed by atoms with van der Waals surface area (Å²) in [5.74, 6) is 0. The van der Waals surface area contributed by atoms with Gasteiger partial charge in [-0.15, -0.1) is 0 Å². The van der Waals surface area contributed by atoms with Gasteiger partial charge in [0.15, 0.2) is 0 Å². The maximum Gasteiger partial charge on any atom is 0.147 e. The second-order valence-corrected chi connectivity index (χ2v) is 11.7. The highest BCUT2D eigenvalue weighted by atomic mass is 16.3. The van der Waals surface area contributed by atoms with E-state index in [1.807, 2.05) is 18.2 Å². The summed E-state index contributed by atoms with van der Waals surface area (Å²) in [5.41, 5.74) is 11.9. The number of hydrogen-bond acceptors (Lipinski definition) is 3. The van der Waals surface area contributed by atoms with Crippen molar-refractivity contribution < 1.29 is 8.83 Å². The summed E-state index contributed by atoms with van der Waals surface area (Å²) in [6, 6.07) is 45.2. The molecule has 0 unspecified atom stereocenters. The topological polar surface area (TPSA) is 29.5 Å². The van der Waals surface area contributed by atoms with E-state index in [0.29, 0.717) is 0 Å². The van der Waals surface area contributed by atoms with Crippen LogP contribution in [0, 0.1) is 0 Å². The molecule has 3 nitrogen and oxygen atoms in total. The molecule has 8 aromatic rings. The predicted molar refractivity (Wildman–Crippen MR) is 173 cm³/mol. The summed E-state index contributed by atoms with van der Waals surface area (Å²) < 4.78 is 12.9. The standard InChI is InChI=1S/C39H27NO2/c1-39(2)30-13-4-6-15-32(30)40(33-16-7-5-14-31(33)39)25-20-18-24(19-21-25)26-11-9-12-27-28-22-23-35-36(38(28)42-37(26)27)29-10-3-8-17-34(29)41-35/h3-23H,1-2H3. The minimum absolute atomic E-state index is 0.0771. The lowest BCUT2D eigenvalue weighted by molar-refractivity contribution is 0.632. The molecule has 1 aliphatic heterocycles. The fraction of sp³-hybridized carbons (Fsp3) is 0.0769. The van der Waals surface area contributed by atoms with Crippen molar-refractivity contribution in [3.05, 3.63) is 139 Å². The first-order chi connectivity index (χ1) is 20.6. The van der Waals surface area contributed by atoms with E-state index in [1.54, 1.807) is 0 Å². The zero-order chi connectivity index (χ0) is 28.0. The molecule has 2 aromatic heterocycles. The van der Waals surface area contributed by atoms with Crippen molar-refractivity contribution in [2.75, 3.05) is 4.90 Å². The van der Waals surface area contributed by atoms with E-state index in [2.05, 4.69) is 128 Å². The van der Waals surface area contributed by atoms with Gasteiger partial charge in [0.05, 0.1) is 16.8 Å². The normalized spacial score (nSPS) is 14.1. The quantitative estimate of drug-likeness (QED) is 0.218. The highest BCUT2D eigenvalue weighted by Crippen LogP contribution is 2.52. The fourth-order valence-electron chi connectivity index (χ4n) is 7.03. The minimum atomic E-state index is -0.0771. The van der Waals surface area contributed by atoms with Crippen molar-refractivity contribution in [3.8, 4) is 11.1 Å². The van der Waals surface area contributed by atoms with Crippen LogP contribution in [0.1, 0.15) is 25.0 Å². The Labute approximate surface area is 243 Å². The van der Waals surface area contributed by atoms with Crippen LogP contribution in [0.3, 0.4) is 0 Å². The Bertz CT molecular complexity index is 2290. The molecule has 0 atom stereocenters. The summed E-state index contributed by atoms with van der Waals surface area (Å²) in [4.78, 5) is 2.39. The van der Waals surface area contributed by atoms with Gasteiger partial charge in [0.1, 0.15) is 22.3 Å². The monoisotopic (exact) mass is 541 g/mol. The zero-order valence-electron chi connectivity index (χ0n) is 23.4. The summed E-state index contributed by atoms with van der Waals surface area (Å²) in [6.45, 7) is 4.64. The van der Waals surface area contributed by atoms with Gasteiger partial charge in [-0.1, -0.05) is 98.8 Å². The van der Waals surface area contributed by atoms with Crippen LogP contribution < -0.4 is 4.90 Å². The third-order valence-corrected chi connectivity index (χ3v) is 9.08. The van der Waals surface area contributed by atoms with Crippen LogP contribution in [0.5, 0.6) is 0 Å². The van der Waals surface area contributed by atoms with Crippen LogP contribution in [0.4, 0.5) is 17.1 Å². The Morgan fingerprint density at radius 1 is 0.500 bits per heavy atom. The summed E-state index contributed by atoms with van der Waals surface area (Å²) in [6.07, 6.45) is 0. The van der Waals surface area contributed by atoms with Crippen LogP contribution in [0.15, 0.2) is 136 Å². The second-order valence-electron chi connectivity index (χ2n) is 11.7. The molecule has 1 aliphatic rings. The number of para-hydroxylation sites is 4. The Morgan fingerprint density at radius 2 is 1.14 bits per heavy atom. The number of anilines is 3. The van der Waals surface area contributed by atoms with Gasteiger partial charge in [0, 0.05) is 32.8 Å². The number of benzene rings is 6. The number of fused-ring (bicyclic) bond motifs is 9. The lowest BCUT2D eigenvalue weighted by atomic mass is 9.73. The zero-order valence-corrected chi connectivity index (χ0v) is 23.4. The van der Waals surface area contributed by atoms with E-state index >= 15 is 0 Å². The molecule has 0 amide bonds. The van der Waals surface area contributed by atoms with E-state index in [0.717, 1.165) is 60.7 Å². The highest BCUT2D eigenvalue weighted by Gasteiger charge is 2.36. The molecule has 0 saturated heterocycles. The largest absolute Gasteiger partial charge is 0.456 e. The third kappa shape index (κ3) is 3.11. The second kappa shape index (κ2) is 8.37. The molecule has 0 N–H and O–H groups in total. The molecular formula is C39H27NO2. The smallest absolute Gasteiger partial charge is 0.147 e. The SMILES string of the molecule is CC1(C)c2ccccc2N(c2ccc(-c3cccc4c3oc3c4ccc4oc5ccccc5c43)cc2)c2ccccc21. The fourth-order valence-corrected chi connectivity index (χ4v) is 7.03. The van der Waals surface area contributed by atoms with E-state index in [-0.39, 0.29) is 5.41 Å². The van der Waals surface area contributed by atoms with Crippen molar-refractivity contribution in [2.45, 2.75) is 19.3 Å². The van der Waals surface area contributed by atoms with E-state index in [1.165, 1.54) is 22.5 Å². The lowest BCUT2D eigenvalue weighted by Crippen LogP contribution is -2.30. The molecule has 9 rings (SSSR count). The van der Waals surface area contributed by atoms with Gasteiger partial charge < -0.3 is 13.7 Å². The van der Waals surface area contributed by atoms with E-state index in [4.69, 9.17) is 8.83 Å². The Balaban J connectivity index is 1.21. The molecule has 0 aliphatic carbocycles. The third-order valence-electron chi connectivity index (χ3n) is 9.08. The van der Waals surface area contributed by atoms with Crippen LogP contribution in [-0.2, 0) is 5.41 Å². The molecule has 6 aromatic carbocycles. The summed E-state index contributed by atoms with van der Waals surface area (Å²) >= 11 is 0. The van der Waals surface area contributed by atoms with Crippen molar-refractivity contribution >= 4 is 60.9 Å². The van der Waals surface area contributed by atoms with Crippen LogP contribution in [0.2, 0.25) is 0 Å². The first-order valence-corrected chi connectivity index (χ1v) is 14.4. The van der Waals surface area contributed by atoms with Gasteiger partial charge in [0.2, 0.25) is 0 Å². The average molecular weight is 542 g/mol. The predicted octanol–water partition coefficient (Wildman–Crippen LogP) is 11.3. The highest BCUT2D eigenvalue weighted by molar-refractivity contribution is 6.23. The maximum atomic E-state index is 6.71. The van der Waals surface area contributed by atoms with Gasteiger partial charge in [-0.3, -0.25) is 0 Å². The first-order valence-electron chi connectivity index (χ1n) is 14.4. The van der Waals surface area contributed by atoms with Crippen LogP contribution >= 0.6 is 0 Å². The Hall–Kier alpha value is -5.28. The van der Waals surface area contributed by atoms with Gasteiger partial charge >= 0.3 is 0 Å². The van der Waals surface area contributed by atoms with Gasteiger partial charge in [-0.2, -0.15) is 0 Å². The number of nitrogens with zero attached hydrogens (tertiary/aromatic N) is 1. The number of furan rings is 2. The molecular weight excluding hydrogens is 514 g/mol. The summed E-state index contributed by atoms with van der Waals surface area (Å²) in [5, 5.41) is 4.32. The van der Waals surface area contributed by atoms with Crippen molar-refractivity contribution in [3.63, 3.8) is 0 Å². The van der Waals surface area contributed by atoms with Gasteiger partial charge in [0.25, 0.3) is 0 Å². The first kappa shape index (κ1) is 23.4. The van der Waals surface area contributed by atoms with Crippen LogP contribution in [0.25, 0.3) is 55.0 Å². The summed E-state index contributed by atoms with van der Waals surface area (Å²) in [7, 11) is 0. The molecule has 200 valence electrons. The molecule has 0 spiro atoms. The van der Waals surface area contributed by atoms with Gasteiger partial charge in [-0.25, -0.2) is 0 Å². The molecule has 42 heavy (non-hydrogen) atoms. The molecule has 0 fully saturated rings. The van der Waals surface area contributed by atoms with Crippen molar-refractivity contribution in [1.29, 1.82) is 0 Å². The molecule has 3 heteroatoms. The Kier molecular flexibility index (Phi) is 4.67. The van der Waals surface area contributed by atoms with Crippen LogP contribution in [-0.4, -0.2) is 0 Å². The Morgan fingerprint density at radius 3 is 1.90 bits per heavy atom. The number of hydrogen-bond donors (Lipinski definition) is 0. The molecule has 0 radical (unpaired) electrons. The van der Waals surface area contributed by atoms with Gasteiger partial charge in [-0.05, 0) is 59.2 Å².